The van der Waals surface area contributed by atoms with E-state index >= 15 is 0 Å². The molecule has 1 aliphatic carbocycles. The van der Waals surface area contributed by atoms with Crippen LogP contribution in [0.25, 0.3) is 0 Å². The fourth-order valence-electron chi connectivity index (χ4n) is 4.79. The number of benzene rings is 1. The molecule has 0 atom stereocenters. The molecule has 1 spiro atoms. The molecule has 3 fully saturated rings. The lowest BCUT2D eigenvalue weighted by atomic mass is 9.73. The van der Waals surface area contributed by atoms with E-state index in [1.807, 2.05) is 0 Å². The third-order valence-electron chi connectivity index (χ3n) is 6.57. The minimum atomic E-state index is -3.59. The van der Waals surface area contributed by atoms with Gasteiger partial charge in [-0.15, -0.1) is 0 Å². The molecule has 2 aliphatic heterocycles. The summed E-state index contributed by atoms with van der Waals surface area (Å²) in [6, 6.07) is 8.22. The van der Waals surface area contributed by atoms with Gasteiger partial charge in [0.2, 0.25) is 27.7 Å². The van der Waals surface area contributed by atoms with E-state index in [2.05, 4.69) is 0 Å². The normalized spacial score (nSPS) is 22.7. The molecule has 0 aromatic heterocycles. The van der Waals surface area contributed by atoms with Crippen LogP contribution in [0.3, 0.4) is 0 Å². The topological polar surface area (TPSA) is 95.1 Å². The van der Waals surface area contributed by atoms with Crippen LogP contribution in [-0.4, -0.2) is 73.0 Å². The molecule has 0 radical (unpaired) electrons. The number of carbonyl (C=O) groups is 3. The number of sulfonamides is 1. The number of nitrogens with zero attached hydrogens (tertiary/aromatic N) is 3. The maximum atomic E-state index is 12.9. The average Bonchev–Trinajstić information content (AvgIpc) is 2.98. The van der Waals surface area contributed by atoms with E-state index in [9.17, 15) is 22.8 Å². The zero-order chi connectivity index (χ0) is 21.4. The Morgan fingerprint density at radius 2 is 1.57 bits per heavy atom. The minimum absolute atomic E-state index is 0.189. The summed E-state index contributed by atoms with van der Waals surface area (Å²) >= 11 is 0. The Morgan fingerprint density at radius 3 is 2.20 bits per heavy atom. The molecule has 1 aromatic carbocycles. The Morgan fingerprint density at radius 1 is 0.933 bits per heavy atom. The standard InChI is InChI=1S/C21H27N3O5S/c25-18-15-21(9-5-2-6-10-21)20(27)24(18)16-19(26)22-11-13-23(14-12-22)30(28,29)17-7-3-1-4-8-17/h1,3-4,7-8H,2,5-6,9-16H2. The lowest BCUT2D eigenvalue weighted by Crippen LogP contribution is -2.53. The molecule has 0 N–H and O–H groups in total. The van der Waals surface area contributed by atoms with Crippen LogP contribution in [0.2, 0.25) is 0 Å². The zero-order valence-corrected chi connectivity index (χ0v) is 17.8. The van der Waals surface area contributed by atoms with Gasteiger partial charge in [0.25, 0.3) is 0 Å². The Bertz CT molecular complexity index is 933. The van der Waals surface area contributed by atoms with Crippen molar-refractivity contribution in [2.75, 3.05) is 32.7 Å². The summed E-state index contributed by atoms with van der Waals surface area (Å²) in [6.45, 7) is 0.618. The van der Waals surface area contributed by atoms with Crippen molar-refractivity contribution >= 4 is 27.7 Å². The Kier molecular flexibility index (Phi) is 5.67. The van der Waals surface area contributed by atoms with Crippen molar-refractivity contribution < 1.29 is 22.8 Å². The highest BCUT2D eigenvalue weighted by Gasteiger charge is 2.52. The average molecular weight is 434 g/mol. The van der Waals surface area contributed by atoms with Crippen LogP contribution in [0.15, 0.2) is 35.2 Å². The molecular weight excluding hydrogens is 406 g/mol. The third-order valence-corrected chi connectivity index (χ3v) is 8.48. The van der Waals surface area contributed by atoms with Gasteiger partial charge in [0.15, 0.2) is 0 Å². The highest BCUT2D eigenvalue weighted by molar-refractivity contribution is 7.89. The van der Waals surface area contributed by atoms with Gasteiger partial charge in [0, 0.05) is 32.6 Å². The Labute approximate surface area is 176 Å². The lowest BCUT2D eigenvalue weighted by Gasteiger charge is -2.35. The molecule has 2 saturated heterocycles. The fraction of sp³-hybridized carbons (Fsp3) is 0.571. The highest BCUT2D eigenvalue weighted by Crippen LogP contribution is 2.45. The summed E-state index contributed by atoms with van der Waals surface area (Å²) in [5.74, 6) is -0.771. The van der Waals surface area contributed by atoms with Crippen LogP contribution in [0.5, 0.6) is 0 Å². The molecule has 30 heavy (non-hydrogen) atoms. The summed E-state index contributed by atoms with van der Waals surface area (Å²) in [4.78, 5) is 41.0. The summed E-state index contributed by atoms with van der Waals surface area (Å²) in [5.41, 5.74) is -0.599. The predicted molar refractivity (Wildman–Crippen MR) is 109 cm³/mol. The van der Waals surface area contributed by atoms with E-state index in [-0.39, 0.29) is 61.8 Å². The van der Waals surface area contributed by atoms with Gasteiger partial charge in [-0.25, -0.2) is 8.42 Å². The van der Waals surface area contributed by atoms with Gasteiger partial charge >= 0.3 is 0 Å². The third kappa shape index (κ3) is 3.76. The largest absolute Gasteiger partial charge is 0.338 e. The highest BCUT2D eigenvalue weighted by atomic mass is 32.2. The number of likely N-dealkylation sites (tertiary alicyclic amines) is 1. The maximum absolute atomic E-state index is 12.9. The van der Waals surface area contributed by atoms with Crippen LogP contribution in [0.1, 0.15) is 38.5 Å². The van der Waals surface area contributed by atoms with Gasteiger partial charge in [0.05, 0.1) is 10.3 Å². The molecule has 0 unspecified atom stereocenters. The molecule has 1 saturated carbocycles. The van der Waals surface area contributed by atoms with E-state index < -0.39 is 15.4 Å². The van der Waals surface area contributed by atoms with E-state index in [0.29, 0.717) is 0 Å². The monoisotopic (exact) mass is 433 g/mol. The smallest absolute Gasteiger partial charge is 0.243 e. The summed E-state index contributed by atoms with van der Waals surface area (Å²) in [5, 5.41) is 0. The first kappa shape index (κ1) is 21.0. The molecule has 3 amide bonds. The van der Waals surface area contributed by atoms with Crippen molar-refractivity contribution in [2.24, 2.45) is 5.41 Å². The first-order chi connectivity index (χ1) is 14.3. The number of carbonyl (C=O) groups excluding carboxylic acids is 3. The second-order valence-corrected chi connectivity index (χ2v) is 10.3. The summed E-state index contributed by atoms with van der Waals surface area (Å²) in [7, 11) is -3.59. The van der Waals surface area contributed by atoms with Crippen LogP contribution in [0, 0.1) is 5.41 Å². The number of piperazine rings is 1. The second-order valence-electron chi connectivity index (χ2n) is 8.40. The van der Waals surface area contributed by atoms with Crippen LogP contribution in [-0.2, 0) is 24.4 Å². The van der Waals surface area contributed by atoms with Gasteiger partial charge in [-0.1, -0.05) is 37.5 Å². The van der Waals surface area contributed by atoms with Crippen LogP contribution < -0.4 is 0 Å². The van der Waals surface area contributed by atoms with Gasteiger partial charge in [-0.05, 0) is 25.0 Å². The van der Waals surface area contributed by atoms with Gasteiger partial charge < -0.3 is 4.90 Å². The molecule has 3 aliphatic rings. The minimum Gasteiger partial charge on any atom is -0.338 e. The zero-order valence-electron chi connectivity index (χ0n) is 17.0. The molecule has 1 aromatic rings. The van der Waals surface area contributed by atoms with E-state index in [4.69, 9.17) is 0 Å². The van der Waals surface area contributed by atoms with Crippen molar-refractivity contribution in [3.8, 4) is 0 Å². The van der Waals surface area contributed by atoms with Crippen LogP contribution in [0.4, 0.5) is 0 Å². The molecule has 4 rings (SSSR count). The molecule has 0 bridgehead atoms. The SMILES string of the molecule is O=C(CN1C(=O)CC2(CCCCC2)C1=O)N1CCN(S(=O)(=O)c2ccccc2)CC1. The first-order valence-corrected chi connectivity index (χ1v) is 12.0. The lowest BCUT2D eigenvalue weighted by molar-refractivity contribution is -0.148. The van der Waals surface area contributed by atoms with E-state index in [0.717, 1.165) is 37.0 Å². The van der Waals surface area contributed by atoms with Crippen molar-refractivity contribution in [2.45, 2.75) is 43.4 Å². The molecule has 8 nitrogen and oxygen atoms in total. The number of hydrogen-bond donors (Lipinski definition) is 0. The van der Waals surface area contributed by atoms with E-state index in [1.54, 1.807) is 35.2 Å². The van der Waals surface area contributed by atoms with Crippen molar-refractivity contribution in [3.05, 3.63) is 30.3 Å². The van der Waals surface area contributed by atoms with Gasteiger partial charge in [0.1, 0.15) is 6.54 Å². The number of hydrogen-bond acceptors (Lipinski definition) is 5. The van der Waals surface area contributed by atoms with Crippen LogP contribution >= 0.6 is 0 Å². The Balaban J connectivity index is 1.36. The molecule has 2 heterocycles. The second kappa shape index (κ2) is 8.11. The van der Waals surface area contributed by atoms with E-state index in [1.165, 1.54) is 4.31 Å². The molecular formula is C21H27N3O5S. The van der Waals surface area contributed by atoms with Gasteiger partial charge in [-0.2, -0.15) is 4.31 Å². The summed E-state index contributed by atoms with van der Waals surface area (Å²) in [6.07, 6.45) is 4.62. The quantitative estimate of drug-likeness (QED) is 0.666. The van der Waals surface area contributed by atoms with Gasteiger partial charge in [-0.3, -0.25) is 19.3 Å². The number of amides is 3. The maximum Gasteiger partial charge on any atom is 0.243 e. The number of rotatable bonds is 4. The molecule has 9 heteroatoms. The first-order valence-electron chi connectivity index (χ1n) is 10.5. The van der Waals surface area contributed by atoms with Crippen molar-refractivity contribution in [1.29, 1.82) is 0 Å². The molecule has 162 valence electrons. The fourth-order valence-corrected chi connectivity index (χ4v) is 6.24. The number of imide groups is 1. The predicted octanol–water partition coefficient (Wildman–Crippen LogP) is 1.23. The summed E-state index contributed by atoms with van der Waals surface area (Å²) < 4.78 is 26.8. The van der Waals surface area contributed by atoms with Crippen molar-refractivity contribution in [1.82, 2.24) is 14.1 Å². The Hall–Kier alpha value is -2.26. The van der Waals surface area contributed by atoms with Crippen molar-refractivity contribution in [3.63, 3.8) is 0 Å².